The predicted octanol–water partition coefficient (Wildman–Crippen LogP) is 2.02. The van der Waals surface area contributed by atoms with Gasteiger partial charge in [-0.2, -0.15) is 0 Å². The summed E-state index contributed by atoms with van der Waals surface area (Å²) in [7, 11) is 1.67. The van der Waals surface area contributed by atoms with Crippen molar-refractivity contribution in [3.8, 4) is 0 Å². The molecule has 0 saturated carbocycles. The van der Waals surface area contributed by atoms with E-state index < -0.39 is 0 Å². The van der Waals surface area contributed by atoms with Crippen molar-refractivity contribution in [3.05, 3.63) is 47.3 Å². The van der Waals surface area contributed by atoms with Crippen LogP contribution >= 0.6 is 0 Å². The van der Waals surface area contributed by atoms with Gasteiger partial charge in [-0.3, -0.25) is 4.79 Å². The van der Waals surface area contributed by atoms with Gasteiger partial charge in [0, 0.05) is 38.2 Å². The maximum atomic E-state index is 12.8. The van der Waals surface area contributed by atoms with Crippen molar-refractivity contribution in [1.29, 1.82) is 0 Å². The van der Waals surface area contributed by atoms with Crippen LogP contribution < -0.4 is 0 Å². The molecule has 22 heavy (non-hydrogen) atoms. The third kappa shape index (κ3) is 2.62. The molecule has 3 heterocycles. The van der Waals surface area contributed by atoms with Crippen LogP contribution in [0.2, 0.25) is 0 Å². The van der Waals surface area contributed by atoms with E-state index in [2.05, 4.69) is 15.0 Å². The van der Waals surface area contributed by atoms with Gasteiger partial charge in [-0.15, -0.1) is 0 Å². The van der Waals surface area contributed by atoms with E-state index >= 15 is 0 Å². The van der Waals surface area contributed by atoms with Crippen LogP contribution in [0.15, 0.2) is 24.5 Å². The lowest BCUT2D eigenvalue weighted by molar-refractivity contribution is 0.0678. The summed E-state index contributed by atoms with van der Waals surface area (Å²) in [6.45, 7) is 4.45. The summed E-state index contributed by atoms with van der Waals surface area (Å²) in [6.07, 6.45) is 4.23. The lowest BCUT2D eigenvalue weighted by Gasteiger charge is -2.22. The lowest BCUT2D eigenvalue weighted by atomic mass is 10.1. The molecule has 1 aliphatic rings. The highest BCUT2D eigenvalue weighted by Crippen LogP contribution is 2.32. The topological polar surface area (TPSA) is 71.1 Å². The van der Waals surface area contributed by atoms with E-state index in [1.165, 1.54) is 0 Å². The Morgan fingerprint density at radius 1 is 1.41 bits per heavy atom. The van der Waals surface area contributed by atoms with Gasteiger partial charge in [0.25, 0.3) is 5.91 Å². The number of hydrogen-bond donors (Lipinski definition) is 1. The minimum Gasteiger partial charge on any atom is -0.380 e. The molecular formula is C16H20N4O2. The molecule has 6 nitrogen and oxygen atoms in total. The Labute approximate surface area is 129 Å². The van der Waals surface area contributed by atoms with Crippen LogP contribution in [0.5, 0.6) is 0 Å². The third-order valence-corrected chi connectivity index (χ3v) is 4.26. The zero-order valence-electron chi connectivity index (χ0n) is 13.0. The first-order chi connectivity index (χ1) is 10.6. The van der Waals surface area contributed by atoms with Gasteiger partial charge in [0.1, 0.15) is 11.5 Å². The van der Waals surface area contributed by atoms with Crippen molar-refractivity contribution < 1.29 is 9.53 Å². The lowest BCUT2D eigenvalue weighted by Crippen LogP contribution is -2.33. The van der Waals surface area contributed by atoms with Crippen molar-refractivity contribution in [2.45, 2.75) is 32.4 Å². The molecule has 0 bridgehead atoms. The molecule has 0 spiro atoms. The molecule has 2 aromatic heterocycles. The first-order valence-corrected chi connectivity index (χ1v) is 7.37. The van der Waals surface area contributed by atoms with Crippen molar-refractivity contribution in [2.24, 2.45) is 0 Å². The fourth-order valence-electron chi connectivity index (χ4n) is 2.81. The molecule has 2 atom stereocenters. The molecule has 1 aliphatic heterocycles. The molecule has 1 amide bonds. The first-order valence-electron chi connectivity index (χ1n) is 7.37. The number of imidazole rings is 1. The summed E-state index contributed by atoms with van der Waals surface area (Å²) in [4.78, 5) is 26.5. The highest BCUT2D eigenvalue weighted by molar-refractivity contribution is 5.93. The summed E-state index contributed by atoms with van der Waals surface area (Å²) in [5.41, 5.74) is 2.43. The number of nitrogens with zero attached hydrogens (tertiary/aromatic N) is 3. The molecule has 0 aromatic carbocycles. The maximum Gasteiger partial charge on any atom is 0.273 e. The summed E-state index contributed by atoms with van der Waals surface area (Å²) < 4.78 is 5.44. The minimum atomic E-state index is -0.101. The molecule has 0 aliphatic carbocycles. The molecule has 116 valence electrons. The number of aryl methyl sites for hydroxylation is 2. The molecule has 2 aromatic rings. The van der Waals surface area contributed by atoms with Crippen LogP contribution in [0.3, 0.4) is 0 Å². The molecule has 1 N–H and O–H groups in total. The van der Waals surface area contributed by atoms with Crippen molar-refractivity contribution in [2.75, 3.05) is 13.7 Å². The number of likely N-dealkylation sites (tertiary alicyclic amines) is 1. The summed E-state index contributed by atoms with van der Waals surface area (Å²) in [6, 6.07) is 3.61. The number of aromatic amines is 1. The summed E-state index contributed by atoms with van der Waals surface area (Å²) >= 11 is 0. The number of carbonyl (C=O) groups excluding carboxylic acids is 1. The van der Waals surface area contributed by atoms with E-state index in [9.17, 15) is 4.79 Å². The standard InChI is InChI=1S/C16H20N4O2/c1-10-4-5-13(19-11(10)2)16(21)20-9-12(22-3)8-14(20)15-17-6-7-18-15/h4-7,12,14H,8-9H2,1-3H3,(H,17,18)/t12-,14+/m1/s1. The van der Waals surface area contributed by atoms with E-state index in [0.717, 1.165) is 23.5 Å². The molecule has 3 rings (SSSR count). The number of amides is 1. The summed E-state index contributed by atoms with van der Waals surface area (Å²) in [5, 5.41) is 0. The van der Waals surface area contributed by atoms with Crippen LogP contribution in [0.4, 0.5) is 0 Å². The highest BCUT2D eigenvalue weighted by atomic mass is 16.5. The largest absolute Gasteiger partial charge is 0.380 e. The SMILES string of the molecule is CO[C@@H]1C[C@@H](c2ncc[nH]2)N(C(=O)c2ccc(C)c(C)n2)C1. The van der Waals surface area contributed by atoms with E-state index in [1.54, 1.807) is 30.5 Å². The summed E-state index contributed by atoms with van der Waals surface area (Å²) in [5.74, 6) is 0.709. The number of nitrogens with one attached hydrogen (secondary N) is 1. The highest BCUT2D eigenvalue weighted by Gasteiger charge is 2.38. The van der Waals surface area contributed by atoms with Crippen LogP contribution in [0.1, 0.15) is 40.0 Å². The number of pyridine rings is 1. The number of methoxy groups -OCH3 is 1. The van der Waals surface area contributed by atoms with E-state index in [-0.39, 0.29) is 18.1 Å². The number of rotatable bonds is 3. The quantitative estimate of drug-likeness (QED) is 0.941. The molecule has 0 radical (unpaired) electrons. The van der Waals surface area contributed by atoms with Gasteiger partial charge in [0.15, 0.2) is 0 Å². The van der Waals surface area contributed by atoms with Gasteiger partial charge in [-0.25, -0.2) is 9.97 Å². The molecule has 6 heteroatoms. The van der Waals surface area contributed by atoms with Crippen LogP contribution in [0.25, 0.3) is 0 Å². The van der Waals surface area contributed by atoms with Crippen molar-refractivity contribution in [3.63, 3.8) is 0 Å². The zero-order chi connectivity index (χ0) is 15.7. The number of hydrogen-bond acceptors (Lipinski definition) is 4. The average molecular weight is 300 g/mol. The number of carbonyl (C=O) groups is 1. The van der Waals surface area contributed by atoms with Crippen LogP contribution in [-0.2, 0) is 4.74 Å². The predicted molar refractivity (Wildman–Crippen MR) is 81.5 cm³/mol. The zero-order valence-corrected chi connectivity index (χ0v) is 13.0. The fourth-order valence-corrected chi connectivity index (χ4v) is 2.81. The van der Waals surface area contributed by atoms with Gasteiger partial charge in [-0.1, -0.05) is 6.07 Å². The van der Waals surface area contributed by atoms with Gasteiger partial charge < -0.3 is 14.6 Å². The van der Waals surface area contributed by atoms with Gasteiger partial charge in [0.05, 0.1) is 12.1 Å². The fraction of sp³-hybridized carbons (Fsp3) is 0.438. The van der Waals surface area contributed by atoms with Crippen molar-refractivity contribution >= 4 is 5.91 Å². The third-order valence-electron chi connectivity index (χ3n) is 4.26. The number of aromatic nitrogens is 3. The van der Waals surface area contributed by atoms with E-state index in [1.807, 2.05) is 19.9 Å². The van der Waals surface area contributed by atoms with Gasteiger partial charge >= 0.3 is 0 Å². The smallest absolute Gasteiger partial charge is 0.273 e. The molecule has 1 fully saturated rings. The Kier molecular flexibility index (Phi) is 3.94. The van der Waals surface area contributed by atoms with Crippen LogP contribution in [0, 0.1) is 13.8 Å². The van der Waals surface area contributed by atoms with E-state index in [4.69, 9.17) is 4.74 Å². The van der Waals surface area contributed by atoms with E-state index in [0.29, 0.717) is 12.2 Å². The molecule has 1 saturated heterocycles. The van der Waals surface area contributed by atoms with Gasteiger partial charge in [-0.05, 0) is 25.5 Å². The number of ether oxygens (including phenoxy) is 1. The van der Waals surface area contributed by atoms with Crippen molar-refractivity contribution in [1.82, 2.24) is 19.9 Å². The Balaban J connectivity index is 1.90. The Morgan fingerprint density at radius 2 is 2.23 bits per heavy atom. The average Bonchev–Trinajstić information content (AvgIpc) is 3.17. The molecule has 0 unspecified atom stereocenters. The monoisotopic (exact) mass is 300 g/mol. The second-order valence-corrected chi connectivity index (χ2v) is 5.64. The second kappa shape index (κ2) is 5.88. The number of H-pyrrole nitrogens is 1. The first kappa shape index (κ1) is 14.7. The maximum absolute atomic E-state index is 12.8. The second-order valence-electron chi connectivity index (χ2n) is 5.64. The Morgan fingerprint density at radius 3 is 2.86 bits per heavy atom. The normalized spacial score (nSPS) is 21.3. The Hall–Kier alpha value is -2.21. The van der Waals surface area contributed by atoms with Crippen LogP contribution in [-0.4, -0.2) is 45.5 Å². The van der Waals surface area contributed by atoms with Gasteiger partial charge in [0.2, 0.25) is 0 Å². The Bertz CT molecular complexity index is 669. The molecular weight excluding hydrogens is 280 g/mol. The minimum absolute atomic E-state index is 0.0191.